The zero-order valence-electron chi connectivity index (χ0n) is 13.4. The second-order valence-corrected chi connectivity index (χ2v) is 5.75. The summed E-state index contributed by atoms with van der Waals surface area (Å²) in [7, 11) is 0. The summed E-state index contributed by atoms with van der Waals surface area (Å²) < 4.78 is 0. The summed E-state index contributed by atoms with van der Waals surface area (Å²) in [6.07, 6.45) is 0.0465. The number of benzene rings is 2. The molecule has 2 rings (SSSR count). The van der Waals surface area contributed by atoms with Crippen LogP contribution in [0.4, 0.5) is 11.4 Å². The molecule has 0 heterocycles. The molecule has 25 heavy (non-hydrogen) atoms. The zero-order chi connectivity index (χ0) is 18.4. The number of rotatable bonds is 6. The van der Waals surface area contributed by atoms with Gasteiger partial charge < -0.3 is 10.6 Å². The Labute approximate surface area is 149 Å². The van der Waals surface area contributed by atoms with E-state index in [1.165, 1.54) is 12.1 Å². The van der Waals surface area contributed by atoms with Crippen molar-refractivity contribution in [3.63, 3.8) is 0 Å². The Bertz CT molecular complexity index is 823. The molecule has 0 spiro atoms. The number of amides is 2. The van der Waals surface area contributed by atoms with Gasteiger partial charge in [0.15, 0.2) is 0 Å². The topological polar surface area (TPSA) is 101 Å². The number of carbonyl (C=O) groups excluding carboxylic acids is 2. The molecule has 2 aromatic rings. The molecule has 0 saturated carbocycles. The van der Waals surface area contributed by atoms with E-state index in [1.54, 1.807) is 18.2 Å². The van der Waals surface area contributed by atoms with Crippen molar-refractivity contribution in [1.82, 2.24) is 5.32 Å². The number of hydrogen-bond acceptors (Lipinski definition) is 4. The molecule has 0 atom stereocenters. The Hall–Kier alpha value is -2.93. The van der Waals surface area contributed by atoms with Crippen LogP contribution in [0, 0.1) is 17.0 Å². The lowest BCUT2D eigenvalue weighted by Gasteiger charge is -2.08. The largest absolute Gasteiger partial charge is 0.352 e. The van der Waals surface area contributed by atoms with Crippen LogP contribution in [0.5, 0.6) is 0 Å². The van der Waals surface area contributed by atoms with E-state index < -0.39 is 4.92 Å². The number of aryl methyl sites for hydroxylation is 1. The van der Waals surface area contributed by atoms with Gasteiger partial charge in [0.05, 0.1) is 15.6 Å². The molecule has 0 aromatic heterocycles. The molecule has 0 fully saturated rings. The summed E-state index contributed by atoms with van der Waals surface area (Å²) in [5, 5.41) is 15.9. The van der Waals surface area contributed by atoms with Crippen LogP contribution in [0.3, 0.4) is 0 Å². The highest BCUT2D eigenvalue weighted by Gasteiger charge is 2.12. The minimum atomic E-state index is -0.571. The molecule has 8 heteroatoms. The van der Waals surface area contributed by atoms with Crippen LogP contribution in [0.15, 0.2) is 42.5 Å². The van der Waals surface area contributed by atoms with Crippen molar-refractivity contribution in [2.24, 2.45) is 0 Å². The molecule has 130 valence electrons. The maximum atomic E-state index is 12.0. The lowest BCUT2D eigenvalue weighted by atomic mass is 10.1. The van der Waals surface area contributed by atoms with Crippen molar-refractivity contribution < 1.29 is 14.5 Å². The monoisotopic (exact) mass is 361 g/mol. The summed E-state index contributed by atoms with van der Waals surface area (Å²) in [5.74, 6) is -0.620. The van der Waals surface area contributed by atoms with E-state index in [2.05, 4.69) is 10.6 Å². The molecule has 0 radical (unpaired) electrons. The predicted molar refractivity (Wildman–Crippen MR) is 94.9 cm³/mol. The first-order valence-electron chi connectivity index (χ1n) is 7.45. The third-order valence-electron chi connectivity index (χ3n) is 3.36. The normalized spacial score (nSPS) is 10.2. The van der Waals surface area contributed by atoms with E-state index >= 15 is 0 Å². The van der Waals surface area contributed by atoms with E-state index in [-0.39, 0.29) is 41.2 Å². The maximum Gasteiger partial charge on any atom is 0.271 e. The van der Waals surface area contributed by atoms with Gasteiger partial charge in [-0.05, 0) is 25.1 Å². The Balaban J connectivity index is 1.85. The Morgan fingerprint density at radius 1 is 1.20 bits per heavy atom. The number of carbonyl (C=O) groups is 2. The molecule has 0 aliphatic heterocycles. The number of anilines is 1. The Kier molecular flexibility index (Phi) is 6.08. The van der Waals surface area contributed by atoms with Gasteiger partial charge in [-0.1, -0.05) is 29.3 Å². The molecular formula is C17H16ClN3O4. The van der Waals surface area contributed by atoms with E-state index in [0.717, 1.165) is 11.6 Å². The fourth-order valence-corrected chi connectivity index (χ4v) is 2.33. The van der Waals surface area contributed by atoms with Gasteiger partial charge in [0, 0.05) is 30.7 Å². The third-order valence-corrected chi connectivity index (χ3v) is 3.67. The summed E-state index contributed by atoms with van der Waals surface area (Å²) >= 11 is 5.91. The zero-order valence-corrected chi connectivity index (χ0v) is 14.2. The van der Waals surface area contributed by atoms with Gasteiger partial charge in [0.2, 0.25) is 5.91 Å². The Morgan fingerprint density at radius 2 is 1.96 bits per heavy atom. The minimum Gasteiger partial charge on any atom is -0.352 e. The number of non-ortho nitro benzene ring substituents is 1. The number of nitro groups is 1. The molecular weight excluding hydrogens is 346 g/mol. The van der Waals surface area contributed by atoms with Crippen LogP contribution in [-0.2, 0) is 4.79 Å². The summed E-state index contributed by atoms with van der Waals surface area (Å²) in [4.78, 5) is 33.9. The van der Waals surface area contributed by atoms with Crippen molar-refractivity contribution in [2.75, 3.05) is 11.9 Å². The second kappa shape index (κ2) is 8.25. The number of nitro benzene ring substituents is 1. The van der Waals surface area contributed by atoms with Crippen LogP contribution < -0.4 is 10.6 Å². The van der Waals surface area contributed by atoms with Crippen LogP contribution in [0.2, 0.25) is 5.02 Å². The Morgan fingerprint density at radius 3 is 2.60 bits per heavy atom. The van der Waals surface area contributed by atoms with E-state index in [4.69, 9.17) is 11.6 Å². The molecule has 0 aliphatic rings. The van der Waals surface area contributed by atoms with Crippen LogP contribution >= 0.6 is 11.6 Å². The highest BCUT2D eigenvalue weighted by atomic mass is 35.5. The lowest BCUT2D eigenvalue weighted by Crippen LogP contribution is -2.27. The predicted octanol–water partition coefficient (Wildman–Crippen LogP) is 3.32. The minimum absolute atomic E-state index is 0.0465. The smallest absolute Gasteiger partial charge is 0.271 e. The molecule has 0 unspecified atom stereocenters. The van der Waals surface area contributed by atoms with E-state index in [1.807, 2.05) is 13.0 Å². The summed E-state index contributed by atoms with van der Waals surface area (Å²) in [6, 6.07) is 10.9. The molecule has 0 saturated heterocycles. The van der Waals surface area contributed by atoms with Crippen molar-refractivity contribution >= 4 is 34.8 Å². The molecule has 2 N–H and O–H groups in total. The molecule has 0 bridgehead atoms. The van der Waals surface area contributed by atoms with Crippen LogP contribution in [0.25, 0.3) is 0 Å². The van der Waals surface area contributed by atoms with Crippen molar-refractivity contribution in [3.05, 3.63) is 68.7 Å². The number of nitrogens with zero attached hydrogens (tertiary/aromatic N) is 1. The van der Waals surface area contributed by atoms with Gasteiger partial charge in [-0.3, -0.25) is 19.7 Å². The van der Waals surface area contributed by atoms with Gasteiger partial charge >= 0.3 is 0 Å². The van der Waals surface area contributed by atoms with E-state index in [0.29, 0.717) is 5.56 Å². The maximum absolute atomic E-state index is 12.0. The number of hydrogen-bond donors (Lipinski definition) is 2. The first-order valence-corrected chi connectivity index (χ1v) is 7.83. The van der Waals surface area contributed by atoms with Crippen LogP contribution in [0.1, 0.15) is 22.3 Å². The average molecular weight is 362 g/mol. The highest BCUT2D eigenvalue weighted by Crippen LogP contribution is 2.26. The van der Waals surface area contributed by atoms with Gasteiger partial charge in [-0.25, -0.2) is 0 Å². The molecule has 0 aliphatic carbocycles. The fraction of sp³-hybridized carbons (Fsp3) is 0.176. The molecule has 7 nitrogen and oxygen atoms in total. The van der Waals surface area contributed by atoms with Gasteiger partial charge in [-0.15, -0.1) is 0 Å². The molecule has 2 aromatic carbocycles. The van der Waals surface area contributed by atoms with Crippen molar-refractivity contribution in [1.29, 1.82) is 0 Å². The average Bonchev–Trinajstić information content (AvgIpc) is 2.56. The van der Waals surface area contributed by atoms with Gasteiger partial charge in [-0.2, -0.15) is 0 Å². The quantitative estimate of drug-likeness (QED) is 0.608. The van der Waals surface area contributed by atoms with Crippen molar-refractivity contribution in [3.8, 4) is 0 Å². The van der Waals surface area contributed by atoms with Gasteiger partial charge in [0.1, 0.15) is 0 Å². The SMILES string of the molecule is Cc1cccc(C(=O)NCCC(=O)Nc2ccc([N+](=O)[O-])cc2Cl)c1. The first kappa shape index (κ1) is 18.4. The summed E-state index contributed by atoms with van der Waals surface area (Å²) in [5.41, 5.74) is 1.62. The fourth-order valence-electron chi connectivity index (χ4n) is 2.11. The first-order chi connectivity index (χ1) is 11.9. The van der Waals surface area contributed by atoms with Gasteiger partial charge in [0.25, 0.3) is 11.6 Å². The van der Waals surface area contributed by atoms with E-state index in [9.17, 15) is 19.7 Å². The molecule has 2 amide bonds. The summed E-state index contributed by atoms with van der Waals surface area (Å²) in [6.45, 7) is 2.04. The van der Waals surface area contributed by atoms with Crippen LogP contribution in [-0.4, -0.2) is 23.3 Å². The third kappa shape index (κ3) is 5.29. The standard InChI is InChI=1S/C17H16ClN3O4/c1-11-3-2-4-12(9-11)17(23)19-8-7-16(22)20-15-6-5-13(21(24)25)10-14(15)18/h2-6,9-10H,7-8H2,1H3,(H,19,23)(H,20,22). The number of halogens is 1. The number of nitrogens with one attached hydrogen (secondary N) is 2. The second-order valence-electron chi connectivity index (χ2n) is 5.34. The lowest BCUT2D eigenvalue weighted by molar-refractivity contribution is -0.384. The highest BCUT2D eigenvalue weighted by molar-refractivity contribution is 6.33. The van der Waals surface area contributed by atoms with Crippen molar-refractivity contribution in [2.45, 2.75) is 13.3 Å².